The molecule has 14 heavy (non-hydrogen) atoms. The highest BCUT2D eigenvalue weighted by atomic mass is 32.2. The van der Waals surface area contributed by atoms with Crippen molar-refractivity contribution in [2.24, 2.45) is 5.14 Å². The maximum Gasteiger partial charge on any atom is 0.210 e. The number of rotatable bonds is 7. The molecule has 0 amide bonds. The minimum Gasteiger partial charge on any atom is -0.313 e. The van der Waals surface area contributed by atoms with Crippen LogP contribution in [0, 0.1) is 0 Å². The van der Waals surface area contributed by atoms with Gasteiger partial charge in [-0.2, -0.15) is 0 Å². The van der Waals surface area contributed by atoms with Crippen LogP contribution in [0.3, 0.4) is 0 Å². The van der Waals surface area contributed by atoms with Gasteiger partial charge in [0.25, 0.3) is 0 Å². The fourth-order valence-corrected chi connectivity index (χ4v) is 1.98. The molecule has 0 fully saturated rings. The van der Waals surface area contributed by atoms with Crippen molar-refractivity contribution in [1.29, 1.82) is 0 Å². The predicted octanol–water partition coefficient (Wildman–Crippen LogP) is -0.978. The Bertz CT molecular complexity index is 277. The molecule has 0 bridgehead atoms. The molecule has 3 N–H and O–H groups in total. The van der Waals surface area contributed by atoms with Crippen molar-refractivity contribution in [3.8, 4) is 0 Å². The molecular weight excluding hydrogens is 224 g/mol. The summed E-state index contributed by atoms with van der Waals surface area (Å²) in [5.41, 5.74) is 0. The maximum absolute atomic E-state index is 10.7. The Morgan fingerprint density at radius 3 is 2.50 bits per heavy atom. The van der Waals surface area contributed by atoms with Crippen LogP contribution in [-0.4, -0.2) is 43.0 Å². The lowest BCUT2D eigenvalue weighted by atomic mass is 10.3. The number of primary sulfonamides is 1. The molecule has 2 unspecified atom stereocenters. The smallest absolute Gasteiger partial charge is 0.210 e. The van der Waals surface area contributed by atoms with Crippen LogP contribution in [0.5, 0.6) is 0 Å². The summed E-state index contributed by atoms with van der Waals surface area (Å²) in [6.07, 6.45) is 2.42. The van der Waals surface area contributed by atoms with Crippen LogP contribution < -0.4 is 10.5 Å². The first-order valence-electron chi connectivity index (χ1n) is 4.35. The van der Waals surface area contributed by atoms with E-state index in [4.69, 9.17) is 5.14 Å². The first-order valence-corrected chi connectivity index (χ1v) is 7.79. The van der Waals surface area contributed by atoms with Gasteiger partial charge in [0.15, 0.2) is 0 Å². The monoisotopic (exact) mass is 242 g/mol. The summed E-state index contributed by atoms with van der Waals surface area (Å²) in [4.78, 5) is 0. The molecule has 0 aliphatic carbocycles. The molecule has 0 saturated heterocycles. The number of nitrogens with one attached hydrogen (secondary N) is 1. The van der Waals surface area contributed by atoms with Crippen molar-refractivity contribution >= 4 is 20.8 Å². The molecule has 0 radical (unpaired) electrons. The van der Waals surface area contributed by atoms with Gasteiger partial charge in [0.05, 0.1) is 5.75 Å². The summed E-state index contributed by atoms with van der Waals surface area (Å²) >= 11 is 0. The predicted molar refractivity (Wildman–Crippen MR) is 59.0 cm³/mol. The van der Waals surface area contributed by atoms with E-state index < -0.39 is 20.8 Å². The van der Waals surface area contributed by atoms with E-state index in [0.717, 1.165) is 6.42 Å². The molecule has 0 aromatic rings. The van der Waals surface area contributed by atoms with Crippen LogP contribution >= 0.6 is 0 Å². The van der Waals surface area contributed by atoms with Crippen LogP contribution in [-0.2, 0) is 20.8 Å². The molecule has 0 aromatic carbocycles. The fraction of sp³-hybridized carbons (Fsp3) is 1.00. The zero-order valence-corrected chi connectivity index (χ0v) is 10.2. The van der Waals surface area contributed by atoms with E-state index in [-0.39, 0.29) is 11.8 Å². The highest BCUT2D eigenvalue weighted by Crippen LogP contribution is 1.92. The van der Waals surface area contributed by atoms with Crippen LogP contribution in [0.1, 0.15) is 13.3 Å². The van der Waals surface area contributed by atoms with Crippen molar-refractivity contribution < 1.29 is 12.6 Å². The van der Waals surface area contributed by atoms with Gasteiger partial charge in [-0.3, -0.25) is 4.21 Å². The Morgan fingerprint density at radius 2 is 2.07 bits per heavy atom. The van der Waals surface area contributed by atoms with E-state index in [2.05, 4.69) is 5.32 Å². The van der Waals surface area contributed by atoms with Crippen molar-refractivity contribution in [1.82, 2.24) is 5.32 Å². The Morgan fingerprint density at radius 1 is 1.50 bits per heavy atom. The van der Waals surface area contributed by atoms with E-state index in [0.29, 0.717) is 12.3 Å². The van der Waals surface area contributed by atoms with Crippen LogP contribution in [0.4, 0.5) is 0 Å². The van der Waals surface area contributed by atoms with E-state index in [1.54, 1.807) is 6.26 Å². The third-order valence-corrected chi connectivity index (χ3v) is 3.30. The third kappa shape index (κ3) is 10.1. The van der Waals surface area contributed by atoms with Gasteiger partial charge in [0.2, 0.25) is 10.0 Å². The zero-order valence-electron chi connectivity index (χ0n) is 8.52. The van der Waals surface area contributed by atoms with Gasteiger partial charge < -0.3 is 5.32 Å². The standard InChI is InChI=1S/C7H18N2O3S2/c1-7(3-5-13(2)10)9-4-6-14(8,11)12/h7,9H,3-6H2,1-2H3,(H2,8,11,12). The average molecular weight is 242 g/mol. The first kappa shape index (κ1) is 14.0. The molecule has 86 valence electrons. The molecule has 0 aliphatic heterocycles. The Kier molecular flexibility index (Phi) is 6.50. The molecule has 0 heterocycles. The Balaban J connectivity index is 3.54. The van der Waals surface area contributed by atoms with Gasteiger partial charge in [-0.15, -0.1) is 0 Å². The van der Waals surface area contributed by atoms with E-state index >= 15 is 0 Å². The van der Waals surface area contributed by atoms with Gasteiger partial charge in [-0.05, 0) is 13.3 Å². The minimum absolute atomic E-state index is 0.0629. The number of sulfonamides is 1. The topological polar surface area (TPSA) is 89.3 Å². The van der Waals surface area contributed by atoms with E-state index in [1.165, 1.54) is 0 Å². The van der Waals surface area contributed by atoms with Crippen molar-refractivity contribution in [2.45, 2.75) is 19.4 Å². The zero-order chi connectivity index (χ0) is 11.2. The quantitative estimate of drug-likeness (QED) is 0.600. The lowest BCUT2D eigenvalue weighted by Crippen LogP contribution is -2.33. The maximum atomic E-state index is 10.7. The van der Waals surface area contributed by atoms with Crippen LogP contribution in [0.15, 0.2) is 0 Å². The van der Waals surface area contributed by atoms with Crippen LogP contribution in [0.25, 0.3) is 0 Å². The number of hydrogen-bond acceptors (Lipinski definition) is 4. The van der Waals surface area contributed by atoms with E-state index in [9.17, 15) is 12.6 Å². The van der Waals surface area contributed by atoms with Crippen LogP contribution in [0.2, 0.25) is 0 Å². The molecule has 0 aromatic heterocycles. The molecule has 7 heteroatoms. The number of hydrogen-bond donors (Lipinski definition) is 2. The van der Waals surface area contributed by atoms with Gasteiger partial charge >= 0.3 is 0 Å². The summed E-state index contributed by atoms with van der Waals surface area (Å²) in [5, 5.41) is 7.83. The second-order valence-electron chi connectivity index (χ2n) is 3.29. The Hall–Kier alpha value is 0.0200. The SMILES string of the molecule is CC(CCS(C)=O)NCCS(N)(=O)=O. The Labute approximate surface area is 88.0 Å². The summed E-state index contributed by atoms with van der Waals surface area (Å²) < 4.78 is 31.9. The lowest BCUT2D eigenvalue weighted by Gasteiger charge is -2.11. The average Bonchev–Trinajstić information content (AvgIpc) is 1.98. The van der Waals surface area contributed by atoms with Crippen molar-refractivity contribution in [3.63, 3.8) is 0 Å². The summed E-state index contributed by atoms with van der Waals surface area (Å²) in [6, 6.07) is 0.167. The highest BCUT2D eigenvalue weighted by molar-refractivity contribution is 7.89. The second-order valence-corrected chi connectivity index (χ2v) is 6.58. The third-order valence-electron chi connectivity index (χ3n) is 1.72. The minimum atomic E-state index is -3.37. The number of nitrogens with two attached hydrogens (primary N) is 1. The summed E-state index contributed by atoms with van der Waals surface area (Å²) in [7, 11) is -4.17. The highest BCUT2D eigenvalue weighted by Gasteiger charge is 2.05. The molecular formula is C7H18N2O3S2. The fourth-order valence-electron chi connectivity index (χ4n) is 0.892. The van der Waals surface area contributed by atoms with Gasteiger partial charge in [-0.1, -0.05) is 0 Å². The molecule has 0 aliphatic rings. The van der Waals surface area contributed by atoms with Crippen molar-refractivity contribution in [2.75, 3.05) is 24.3 Å². The summed E-state index contributed by atoms with van der Waals surface area (Å²) in [5.74, 6) is 0.566. The van der Waals surface area contributed by atoms with Gasteiger partial charge in [-0.25, -0.2) is 13.6 Å². The first-order chi connectivity index (χ1) is 6.31. The largest absolute Gasteiger partial charge is 0.313 e. The molecule has 5 nitrogen and oxygen atoms in total. The van der Waals surface area contributed by atoms with Gasteiger partial charge in [0.1, 0.15) is 0 Å². The molecule has 0 rings (SSSR count). The molecule has 0 spiro atoms. The molecule has 0 saturated carbocycles. The lowest BCUT2D eigenvalue weighted by molar-refractivity contribution is 0.545. The van der Waals surface area contributed by atoms with Crippen molar-refractivity contribution in [3.05, 3.63) is 0 Å². The summed E-state index contributed by atoms with van der Waals surface area (Å²) in [6.45, 7) is 2.27. The normalized spacial score (nSPS) is 16.5. The van der Waals surface area contributed by atoms with Gasteiger partial charge in [0, 0.05) is 35.4 Å². The molecule has 2 atom stereocenters. The second kappa shape index (κ2) is 6.49. The van der Waals surface area contributed by atoms with E-state index in [1.807, 2.05) is 6.92 Å².